The predicted molar refractivity (Wildman–Crippen MR) is 71.3 cm³/mol. The van der Waals surface area contributed by atoms with E-state index in [4.69, 9.17) is 9.84 Å². The van der Waals surface area contributed by atoms with Crippen molar-refractivity contribution < 1.29 is 19.4 Å². The number of carboxylic acids is 1. The van der Waals surface area contributed by atoms with E-state index in [-0.39, 0.29) is 18.9 Å². The zero-order chi connectivity index (χ0) is 14.3. The third kappa shape index (κ3) is 5.52. The number of rotatable bonds is 7. The Balaban J connectivity index is 2.29. The lowest BCUT2D eigenvalue weighted by Crippen LogP contribution is -2.28. The van der Waals surface area contributed by atoms with Gasteiger partial charge in [-0.2, -0.15) is 0 Å². The first kappa shape index (κ1) is 15.2. The maximum absolute atomic E-state index is 11.9. The Morgan fingerprint density at radius 3 is 2.63 bits per heavy atom. The maximum Gasteiger partial charge on any atom is 0.305 e. The number of carbonyl (C=O) groups excluding carboxylic acids is 1. The molecule has 5 nitrogen and oxygen atoms in total. The molecule has 0 fully saturated rings. The lowest BCUT2D eigenvalue weighted by molar-refractivity contribution is -0.138. The summed E-state index contributed by atoms with van der Waals surface area (Å²) in [5.41, 5.74) is 2.70. The first-order valence-corrected chi connectivity index (χ1v) is 6.15. The third-order valence-corrected chi connectivity index (χ3v) is 2.62. The van der Waals surface area contributed by atoms with E-state index >= 15 is 0 Å². The van der Waals surface area contributed by atoms with Crippen molar-refractivity contribution in [1.82, 2.24) is 5.32 Å². The molecule has 0 saturated carbocycles. The first-order valence-electron chi connectivity index (χ1n) is 6.15. The van der Waals surface area contributed by atoms with Crippen LogP contribution in [0.25, 0.3) is 0 Å². The Labute approximate surface area is 112 Å². The van der Waals surface area contributed by atoms with Crippen molar-refractivity contribution >= 4 is 11.9 Å². The second kappa shape index (κ2) is 7.53. The Hall–Kier alpha value is -1.88. The van der Waals surface area contributed by atoms with E-state index in [1.807, 2.05) is 26.0 Å². The lowest BCUT2D eigenvalue weighted by Gasteiger charge is -2.08. The summed E-state index contributed by atoms with van der Waals surface area (Å²) in [5, 5.41) is 11.1. The van der Waals surface area contributed by atoms with Crippen molar-refractivity contribution in [2.75, 3.05) is 19.8 Å². The molecule has 0 aliphatic rings. The van der Waals surface area contributed by atoms with E-state index in [2.05, 4.69) is 5.32 Å². The molecule has 0 aliphatic heterocycles. The van der Waals surface area contributed by atoms with Gasteiger partial charge in [-0.1, -0.05) is 17.7 Å². The molecule has 1 aromatic rings. The molecule has 19 heavy (non-hydrogen) atoms. The quantitative estimate of drug-likeness (QED) is 0.733. The fourth-order valence-corrected chi connectivity index (χ4v) is 1.66. The molecule has 0 radical (unpaired) electrons. The molecule has 5 heteroatoms. The fraction of sp³-hybridized carbons (Fsp3) is 0.429. The van der Waals surface area contributed by atoms with Gasteiger partial charge >= 0.3 is 5.97 Å². The normalized spacial score (nSPS) is 10.2. The Kier molecular flexibility index (Phi) is 6.02. The van der Waals surface area contributed by atoms with Gasteiger partial charge in [-0.25, -0.2) is 0 Å². The van der Waals surface area contributed by atoms with Gasteiger partial charge in [0.15, 0.2) is 0 Å². The molecule has 104 valence electrons. The number of aryl methyl sites for hydroxylation is 2. The standard InChI is InChI=1S/C14H19NO4/c1-10-3-4-12(11(2)9-10)14(18)15-6-8-19-7-5-13(16)17/h3-4,9H,5-8H2,1-2H3,(H,15,18)(H,16,17). The van der Waals surface area contributed by atoms with Gasteiger partial charge in [-0.3, -0.25) is 9.59 Å². The van der Waals surface area contributed by atoms with E-state index in [0.29, 0.717) is 18.7 Å². The van der Waals surface area contributed by atoms with Crippen LogP contribution in [0.5, 0.6) is 0 Å². The highest BCUT2D eigenvalue weighted by Crippen LogP contribution is 2.09. The molecule has 0 spiro atoms. The second-order valence-electron chi connectivity index (χ2n) is 4.33. The molecule has 0 aromatic heterocycles. The maximum atomic E-state index is 11.9. The largest absolute Gasteiger partial charge is 0.481 e. The smallest absolute Gasteiger partial charge is 0.305 e. The lowest BCUT2D eigenvalue weighted by atomic mass is 10.1. The molecule has 0 saturated heterocycles. The summed E-state index contributed by atoms with van der Waals surface area (Å²) in [4.78, 5) is 22.1. The number of carbonyl (C=O) groups is 2. The highest BCUT2D eigenvalue weighted by atomic mass is 16.5. The molecule has 1 amide bonds. The van der Waals surface area contributed by atoms with E-state index in [0.717, 1.165) is 11.1 Å². The molecule has 0 atom stereocenters. The number of carboxylic acid groups (broad SMARTS) is 1. The van der Waals surface area contributed by atoms with Crippen molar-refractivity contribution in [3.8, 4) is 0 Å². The van der Waals surface area contributed by atoms with Crippen LogP contribution in [0.1, 0.15) is 27.9 Å². The first-order chi connectivity index (χ1) is 9.00. The average molecular weight is 265 g/mol. The molecular weight excluding hydrogens is 246 g/mol. The van der Waals surface area contributed by atoms with Crippen LogP contribution in [0, 0.1) is 13.8 Å². The molecule has 0 unspecified atom stereocenters. The van der Waals surface area contributed by atoms with Gasteiger partial charge in [-0.15, -0.1) is 0 Å². The molecular formula is C14H19NO4. The Morgan fingerprint density at radius 1 is 1.26 bits per heavy atom. The fourth-order valence-electron chi connectivity index (χ4n) is 1.66. The number of hydrogen-bond acceptors (Lipinski definition) is 3. The van der Waals surface area contributed by atoms with E-state index in [1.54, 1.807) is 6.07 Å². The average Bonchev–Trinajstić information content (AvgIpc) is 2.32. The van der Waals surface area contributed by atoms with E-state index < -0.39 is 5.97 Å². The van der Waals surface area contributed by atoms with Crippen molar-refractivity contribution in [3.05, 3.63) is 34.9 Å². The van der Waals surface area contributed by atoms with Crippen molar-refractivity contribution in [1.29, 1.82) is 0 Å². The van der Waals surface area contributed by atoms with Gasteiger partial charge in [0.05, 0.1) is 19.6 Å². The van der Waals surface area contributed by atoms with E-state index in [1.165, 1.54) is 0 Å². The summed E-state index contributed by atoms with van der Waals surface area (Å²) in [6.45, 7) is 4.71. The van der Waals surface area contributed by atoms with Gasteiger partial charge in [0.25, 0.3) is 5.91 Å². The highest BCUT2D eigenvalue weighted by molar-refractivity contribution is 5.95. The van der Waals surface area contributed by atoms with Crippen molar-refractivity contribution in [3.63, 3.8) is 0 Å². The second-order valence-corrected chi connectivity index (χ2v) is 4.33. The summed E-state index contributed by atoms with van der Waals surface area (Å²) in [6.07, 6.45) is -0.0228. The summed E-state index contributed by atoms with van der Waals surface area (Å²) in [7, 11) is 0. The van der Waals surface area contributed by atoms with Gasteiger partial charge in [0.1, 0.15) is 0 Å². The van der Waals surface area contributed by atoms with Crippen LogP contribution < -0.4 is 5.32 Å². The predicted octanol–water partition coefficient (Wildman–Crippen LogP) is 1.52. The van der Waals surface area contributed by atoms with Crippen LogP contribution in [0.3, 0.4) is 0 Å². The summed E-state index contributed by atoms with van der Waals surface area (Å²) < 4.78 is 5.08. The van der Waals surface area contributed by atoms with Crippen LogP contribution in [-0.4, -0.2) is 36.7 Å². The summed E-state index contributed by atoms with van der Waals surface area (Å²) in [5.74, 6) is -1.03. The minimum Gasteiger partial charge on any atom is -0.481 e. The molecule has 0 heterocycles. The van der Waals surface area contributed by atoms with Crippen LogP contribution in [-0.2, 0) is 9.53 Å². The molecule has 0 bridgehead atoms. The minimum atomic E-state index is -0.890. The molecule has 1 aromatic carbocycles. The number of hydrogen-bond donors (Lipinski definition) is 2. The molecule has 2 N–H and O–H groups in total. The SMILES string of the molecule is Cc1ccc(C(=O)NCCOCCC(=O)O)c(C)c1. The summed E-state index contributed by atoms with van der Waals surface area (Å²) in [6, 6.07) is 5.65. The Morgan fingerprint density at radius 2 is 2.00 bits per heavy atom. The van der Waals surface area contributed by atoms with Crippen LogP contribution in [0.15, 0.2) is 18.2 Å². The zero-order valence-corrected chi connectivity index (χ0v) is 11.2. The highest BCUT2D eigenvalue weighted by Gasteiger charge is 2.07. The van der Waals surface area contributed by atoms with Crippen LogP contribution in [0.4, 0.5) is 0 Å². The van der Waals surface area contributed by atoms with Crippen LogP contribution >= 0.6 is 0 Å². The van der Waals surface area contributed by atoms with Gasteiger partial charge < -0.3 is 15.2 Å². The zero-order valence-electron chi connectivity index (χ0n) is 11.2. The molecule has 1 rings (SSSR count). The van der Waals surface area contributed by atoms with Crippen molar-refractivity contribution in [2.24, 2.45) is 0 Å². The van der Waals surface area contributed by atoms with E-state index in [9.17, 15) is 9.59 Å². The number of amides is 1. The third-order valence-electron chi connectivity index (χ3n) is 2.62. The number of nitrogens with one attached hydrogen (secondary N) is 1. The summed E-state index contributed by atoms with van der Waals surface area (Å²) >= 11 is 0. The van der Waals surface area contributed by atoms with Gasteiger partial charge in [0, 0.05) is 12.1 Å². The topological polar surface area (TPSA) is 75.6 Å². The number of aliphatic carboxylic acids is 1. The van der Waals surface area contributed by atoms with Crippen molar-refractivity contribution in [2.45, 2.75) is 20.3 Å². The monoisotopic (exact) mass is 265 g/mol. The Bertz CT molecular complexity index is 457. The van der Waals surface area contributed by atoms with Gasteiger partial charge in [-0.05, 0) is 25.5 Å². The van der Waals surface area contributed by atoms with Gasteiger partial charge in [0.2, 0.25) is 0 Å². The molecule has 0 aliphatic carbocycles. The number of ether oxygens (including phenoxy) is 1. The number of benzene rings is 1. The van der Waals surface area contributed by atoms with Crippen LogP contribution in [0.2, 0.25) is 0 Å². The minimum absolute atomic E-state index is 0.0228.